The molecule has 0 atom stereocenters. The van der Waals surface area contributed by atoms with Gasteiger partial charge in [0.15, 0.2) is 0 Å². The van der Waals surface area contributed by atoms with Gasteiger partial charge >= 0.3 is 0 Å². The zero-order valence-corrected chi connectivity index (χ0v) is 18.9. The van der Waals surface area contributed by atoms with Crippen LogP contribution in [-0.4, -0.2) is 29.8 Å². The number of amides is 2. The van der Waals surface area contributed by atoms with Crippen molar-refractivity contribution in [2.24, 2.45) is 0 Å². The standard InChI is InChI=1S/C23H22Cl2N2O2S/c1-26(17-5-3-2-4-6-17)20-21(30-19-13-9-16(25)10-14-19)23(29)27(22(20)28)18-11-7-15(24)8-12-18/h7-14,17H,2-6H2,1H3. The van der Waals surface area contributed by atoms with Crippen molar-refractivity contribution in [1.29, 1.82) is 0 Å². The number of benzene rings is 2. The predicted octanol–water partition coefficient (Wildman–Crippen LogP) is 6.14. The number of hydrogen-bond acceptors (Lipinski definition) is 4. The van der Waals surface area contributed by atoms with E-state index in [1.807, 2.05) is 24.1 Å². The van der Waals surface area contributed by atoms with Gasteiger partial charge in [0.05, 0.1) is 5.69 Å². The van der Waals surface area contributed by atoms with Gasteiger partial charge in [-0.3, -0.25) is 9.59 Å². The predicted molar refractivity (Wildman–Crippen MR) is 123 cm³/mol. The Morgan fingerprint density at radius 3 is 2.03 bits per heavy atom. The highest BCUT2D eigenvalue weighted by Crippen LogP contribution is 2.40. The fraction of sp³-hybridized carbons (Fsp3) is 0.304. The third kappa shape index (κ3) is 4.25. The van der Waals surface area contributed by atoms with Gasteiger partial charge < -0.3 is 4.90 Å². The third-order valence-corrected chi connectivity index (χ3v) is 7.20. The second-order valence-corrected chi connectivity index (χ2v) is 9.52. The Morgan fingerprint density at radius 2 is 1.43 bits per heavy atom. The lowest BCUT2D eigenvalue weighted by Crippen LogP contribution is -2.38. The Kier molecular flexibility index (Phi) is 6.42. The van der Waals surface area contributed by atoms with Gasteiger partial charge in [0.1, 0.15) is 10.6 Å². The van der Waals surface area contributed by atoms with Crippen LogP contribution in [0.15, 0.2) is 64.0 Å². The fourth-order valence-corrected chi connectivity index (χ4v) is 5.26. The van der Waals surface area contributed by atoms with Crippen molar-refractivity contribution in [2.75, 3.05) is 11.9 Å². The smallest absolute Gasteiger partial charge is 0.283 e. The average Bonchev–Trinajstić information content (AvgIpc) is 3.00. The van der Waals surface area contributed by atoms with E-state index in [2.05, 4.69) is 0 Å². The lowest BCUT2D eigenvalue weighted by molar-refractivity contribution is -0.121. The molecule has 1 aliphatic carbocycles. The quantitative estimate of drug-likeness (QED) is 0.502. The van der Waals surface area contributed by atoms with Crippen LogP contribution in [-0.2, 0) is 9.59 Å². The van der Waals surface area contributed by atoms with E-state index in [0.29, 0.717) is 26.3 Å². The molecule has 2 aromatic carbocycles. The Morgan fingerprint density at radius 1 is 0.867 bits per heavy atom. The number of anilines is 1. The molecule has 156 valence electrons. The van der Waals surface area contributed by atoms with Crippen LogP contribution in [0, 0.1) is 0 Å². The summed E-state index contributed by atoms with van der Waals surface area (Å²) in [6.07, 6.45) is 5.57. The van der Waals surface area contributed by atoms with Crippen molar-refractivity contribution in [3.8, 4) is 0 Å². The van der Waals surface area contributed by atoms with E-state index >= 15 is 0 Å². The third-order valence-electron chi connectivity index (χ3n) is 5.61. The van der Waals surface area contributed by atoms with Crippen LogP contribution in [0.2, 0.25) is 10.0 Å². The van der Waals surface area contributed by atoms with Crippen LogP contribution in [0.1, 0.15) is 32.1 Å². The summed E-state index contributed by atoms with van der Waals surface area (Å²) < 4.78 is 0. The Bertz CT molecular complexity index is 983. The van der Waals surface area contributed by atoms with Crippen molar-refractivity contribution in [2.45, 2.75) is 43.0 Å². The van der Waals surface area contributed by atoms with E-state index in [9.17, 15) is 9.59 Å². The summed E-state index contributed by atoms with van der Waals surface area (Å²) in [5, 5.41) is 1.19. The molecule has 1 fully saturated rings. The second kappa shape index (κ2) is 9.04. The molecule has 4 nitrogen and oxygen atoms in total. The first kappa shape index (κ1) is 21.3. The number of imide groups is 1. The summed E-state index contributed by atoms with van der Waals surface area (Å²) in [5.74, 6) is -0.591. The molecule has 0 aromatic heterocycles. The molecule has 2 amide bonds. The van der Waals surface area contributed by atoms with Gasteiger partial charge in [0.25, 0.3) is 11.8 Å². The number of nitrogens with zero attached hydrogens (tertiary/aromatic N) is 2. The molecule has 0 N–H and O–H groups in total. The van der Waals surface area contributed by atoms with Gasteiger partial charge in [-0.15, -0.1) is 0 Å². The number of thioether (sulfide) groups is 1. The second-order valence-electron chi connectivity index (χ2n) is 7.56. The van der Waals surface area contributed by atoms with Crippen molar-refractivity contribution in [3.63, 3.8) is 0 Å². The van der Waals surface area contributed by atoms with E-state index in [-0.39, 0.29) is 17.9 Å². The number of rotatable bonds is 5. The number of carbonyl (C=O) groups is 2. The molecule has 4 rings (SSSR count). The van der Waals surface area contributed by atoms with Crippen LogP contribution in [0.4, 0.5) is 5.69 Å². The van der Waals surface area contributed by atoms with E-state index in [4.69, 9.17) is 23.2 Å². The van der Waals surface area contributed by atoms with E-state index in [0.717, 1.165) is 30.6 Å². The summed E-state index contributed by atoms with van der Waals surface area (Å²) in [6.45, 7) is 0. The Balaban J connectivity index is 1.72. The van der Waals surface area contributed by atoms with Crippen molar-refractivity contribution >= 4 is 52.5 Å². The minimum atomic E-state index is -0.306. The molecular weight excluding hydrogens is 439 g/mol. The molecule has 0 radical (unpaired) electrons. The highest BCUT2D eigenvalue weighted by atomic mass is 35.5. The molecule has 7 heteroatoms. The number of hydrogen-bond donors (Lipinski definition) is 0. The van der Waals surface area contributed by atoms with Gasteiger partial charge in [0, 0.05) is 28.0 Å². The largest absolute Gasteiger partial charge is 0.366 e. The van der Waals surface area contributed by atoms with E-state index < -0.39 is 0 Å². The molecule has 0 saturated heterocycles. The number of carbonyl (C=O) groups excluding carboxylic acids is 2. The first-order valence-corrected chi connectivity index (χ1v) is 11.6. The summed E-state index contributed by atoms with van der Waals surface area (Å²) in [7, 11) is 1.93. The molecule has 30 heavy (non-hydrogen) atoms. The van der Waals surface area contributed by atoms with Crippen molar-refractivity contribution < 1.29 is 9.59 Å². The minimum absolute atomic E-state index is 0.261. The minimum Gasteiger partial charge on any atom is -0.366 e. The monoisotopic (exact) mass is 460 g/mol. The maximum Gasteiger partial charge on any atom is 0.283 e. The van der Waals surface area contributed by atoms with Crippen molar-refractivity contribution in [1.82, 2.24) is 4.90 Å². The molecular formula is C23H22Cl2N2O2S. The SMILES string of the molecule is CN(C1=C(Sc2ccc(Cl)cc2)C(=O)N(c2ccc(Cl)cc2)C1=O)C1CCCCC1. The Labute approximate surface area is 190 Å². The maximum atomic E-state index is 13.5. The molecule has 1 heterocycles. The van der Waals surface area contributed by atoms with Crippen molar-refractivity contribution in [3.05, 3.63) is 69.2 Å². The summed E-state index contributed by atoms with van der Waals surface area (Å²) in [5.41, 5.74) is 0.998. The van der Waals surface area contributed by atoms with Gasteiger partial charge in [-0.25, -0.2) is 4.90 Å². The number of likely N-dealkylation sites (N-methyl/N-ethyl adjacent to an activating group) is 1. The lowest BCUT2D eigenvalue weighted by Gasteiger charge is -2.33. The summed E-state index contributed by atoms with van der Waals surface area (Å²) in [6, 6.07) is 14.3. The molecule has 0 bridgehead atoms. The molecule has 1 aliphatic heterocycles. The maximum absolute atomic E-state index is 13.5. The molecule has 1 saturated carbocycles. The van der Waals surface area contributed by atoms with Crippen LogP contribution in [0.5, 0.6) is 0 Å². The normalized spacial score (nSPS) is 17.8. The van der Waals surface area contributed by atoms with Gasteiger partial charge in [-0.05, 0) is 61.4 Å². The van der Waals surface area contributed by atoms with E-state index in [1.54, 1.807) is 36.4 Å². The van der Waals surface area contributed by atoms with Crippen LogP contribution >= 0.6 is 35.0 Å². The molecule has 0 spiro atoms. The highest BCUT2D eigenvalue weighted by molar-refractivity contribution is 8.04. The molecule has 2 aliphatic rings. The van der Waals surface area contributed by atoms with Gasteiger partial charge in [-0.2, -0.15) is 0 Å². The van der Waals surface area contributed by atoms with Crippen LogP contribution in [0.3, 0.4) is 0 Å². The molecule has 0 unspecified atom stereocenters. The summed E-state index contributed by atoms with van der Waals surface area (Å²) >= 11 is 13.3. The van der Waals surface area contributed by atoms with E-state index in [1.165, 1.54) is 23.1 Å². The first-order chi connectivity index (χ1) is 14.5. The fourth-order valence-electron chi connectivity index (χ4n) is 4.00. The highest BCUT2D eigenvalue weighted by Gasteiger charge is 2.43. The topological polar surface area (TPSA) is 40.6 Å². The first-order valence-electron chi connectivity index (χ1n) is 10.0. The Hall–Kier alpha value is -1.95. The van der Waals surface area contributed by atoms with Crippen LogP contribution < -0.4 is 4.90 Å². The van der Waals surface area contributed by atoms with Crippen LogP contribution in [0.25, 0.3) is 0 Å². The number of halogens is 2. The summed E-state index contributed by atoms with van der Waals surface area (Å²) in [4.78, 5) is 31.5. The average molecular weight is 461 g/mol. The van der Waals surface area contributed by atoms with Gasteiger partial charge in [-0.1, -0.05) is 54.2 Å². The zero-order chi connectivity index (χ0) is 21.3. The zero-order valence-electron chi connectivity index (χ0n) is 16.6. The van der Waals surface area contributed by atoms with Gasteiger partial charge in [0.2, 0.25) is 0 Å². The molecule has 2 aromatic rings. The lowest BCUT2D eigenvalue weighted by atomic mass is 9.94.